The number of amides is 1. The predicted molar refractivity (Wildman–Crippen MR) is 72.1 cm³/mol. The van der Waals surface area contributed by atoms with E-state index in [0.717, 1.165) is 25.8 Å². The quantitative estimate of drug-likeness (QED) is 0.739. The van der Waals surface area contributed by atoms with Gasteiger partial charge < -0.3 is 4.90 Å². The molecule has 1 aromatic rings. The highest BCUT2D eigenvalue weighted by molar-refractivity contribution is 5.75. The number of rotatable bonds is 6. The van der Waals surface area contributed by atoms with Gasteiger partial charge in [0.2, 0.25) is 5.91 Å². The van der Waals surface area contributed by atoms with E-state index in [1.165, 1.54) is 11.1 Å². The molecular formula is C15H23NO. The molecule has 0 unspecified atom stereocenters. The Hall–Kier alpha value is -1.31. The van der Waals surface area contributed by atoms with E-state index in [9.17, 15) is 4.79 Å². The number of hydrogen-bond donors (Lipinski definition) is 0. The maximum absolute atomic E-state index is 11.4. The fraction of sp³-hybridized carbons (Fsp3) is 0.533. The van der Waals surface area contributed by atoms with E-state index >= 15 is 0 Å². The van der Waals surface area contributed by atoms with Crippen molar-refractivity contribution in [3.63, 3.8) is 0 Å². The van der Waals surface area contributed by atoms with Crippen LogP contribution in [0.25, 0.3) is 0 Å². The highest BCUT2D eigenvalue weighted by atomic mass is 16.2. The summed E-state index contributed by atoms with van der Waals surface area (Å²) in [5.41, 5.74) is 2.74. The van der Waals surface area contributed by atoms with Gasteiger partial charge in [-0.2, -0.15) is 0 Å². The summed E-state index contributed by atoms with van der Waals surface area (Å²) in [5, 5.41) is 0. The molecule has 0 fully saturated rings. The van der Waals surface area contributed by atoms with Crippen LogP contribution in [0.3, 0.4) is 0 Å². The van der Waals surface area contributed by atoms with Crippen molar-refractivity contribution in [3.05, 3.63) is 35.4 Å². The minimum Gasteiger partial charge on any atom is -0.346 e. The zero-order valence-electron chi connectivity index (χ0n) is 11.2. The number of carbonyl (C=O) groups is 1. The summed E-state index contributed by atoms with van der Waals surface area (Å²) in [4.78, 5) is 13.2. The highest BCUT2D eigenvalue weighted by Gasteiger charge is 2.04. The molecule has 1 amide bonds. The lowest BCUT2D eigenvalue weighted by Crippen LogP contribution is -2.27. The van der Waals surface area contributed by atoms with E-state index in [1.807, 2.05) is 18.9 Å². The van der Waals surface area contributed by atoms with Crippen LogP contribution in [0.2, 0.25) is 0 Å². The Morgan fingerprint density at radius 3 is 2.24 bits per heavy atom. The van der Waals surface area contributed by atoms with Crippen LogP contribution in [0.5, 0.6) is 0 Å². The van der Waals surface area contributed by atoms with E-state index in [2.05, 4.69) is 31.2 Å². The van der Waals surface area contributed by atoms with Gasteiger partial charge in [0.1, 0.15) is 0 Å². The molecular weight excluding hydrogens is 210 g/mol. The Morgan fingerprint density at radius 1 is 1.12 bits per heavy atom. The van der Waals surface area contributed by atoms with E-state index in [4.69, 9.17) is 0 Å². The summed E-state index contributed by atoms with van der Waals surface area (Å²) >= 11 is 0. The maximum Gasteiger partial charge on any atom is 0.222 e. The molecule has 0 aliphatic rings. The third kappa shape index (κ3) is 4.59. The molecule has 1 aromatic carbocycles. The van der Waals surface area contributed by atoms with E-state index in [1.54, 1.807) is 0 Å². The minimum atomic E-state index is 0.228. The summed E-state index contributed by atoms with van der Waals surface area (Å²) in [7, 11) is 1.88. The monoisotopic (exact) mass is 233 g/mol. The van der Waals surface area contributed by atoms with Crippen molar-refractivity contribution in [2.75, 3.05) is 13.6 Å². The van der Waals surface area contributed by atoms with Crippen LogP contribution in [0.15, 0.2) is 24.3 Å². The summed E-state index contributed by atoms with van der Waals surface area (Å²) in [6.45, 7) is 4.92. The van der Waals surface area contributed by atoms with Gasteiger partial charge in [0, 0.05) is 20.0 Å². The molecule has 1 rings (SSSR count). The van der Waals surface area contributed by atoms with Crippen LogP contribution < -0.4 is 0 Å². The van der Waals surface area contributed by atoms with Crippen LogP contribution >= 0.6 is 0 Å². The lowest BCUT2D eigenvalue weighted by atomic mass is 10.1. The number of carbonyl (C=O) groups excluding carboxylic acids is 1. The highest BCUT2D eigenvalue weighted by Crippen LogP contribution is 2.07. The molecule has 94 valence electrons. The van der Waals surface area contributed by atoms with Crippen molar-refractivity contribution in [3.8, 4) is 0 Å². The first-order valence-corrected chi connectivity index (χ1v) is 6.49. The fourth-order valence-electron chi connectivity index (χ4n) is 1.86. The van der Waals surface area contributed by atoms with E-state index < -0.39 is 0 Å². The summed E-state index contributed by atoms with van der Waals surface area (Å²) in [6.07, 6.45) is 3.77. The molecule has 0 spiro atoms. The third-order valence-corrected chi connectivity index (χ3v) is 3.12. The Morgan fingerprint density at radius 2 is 1.71 bits per heavy atom. The SMILES string of the molecule is CCC(=O)N(C)CCCc1ccc(CC)cc1. The largest absolute Gasteiger partial charge is 0.346 e. The van der Waals surface area contributed by atoms with Crippen LogP contribution in [0.1, 0.15) is 37.8 Å². The Bertz CT molecular complexity index is 342. The smallest absolute Gasteiger partial charge is 0.222 e. The summed E-state index contributed by atoms with van der Waals surface area (Å²) in [5.74, 6) is 0.228. The van der Waals surface area contributed by atoms with Gasteiger partial charge in [0.05, 0.1) is 0 Å². The lowest BCUT2D eigenvalue weighted by molar-refractivity contribution is -0.129. The average molecular weight is 233 g/mol. The number of aryl methyl sites for hydroxylation is 2. The first kappa shape index (κ1) is 13.8. The second-order valence-electron chi connectivity index (χ2n) is 4.44. The molecule has 0 radical (unpaired) electrons. The van der Waals surface area contributed by atoms with Gasteiger partial charge in [0.15, 0.2) is 0 Å². The van der Waals surface area contributed by atoms with Crippen molar-refractivity contribution in [1.82, 2.24) is 4.90 Å². The van der Waals surface area contributed by atoms with Crippen molar-refractivity contribution in [2.45, 2.75) is 39.5 Å². The number of hydrogen-bond acceptors (Lipinski definition) is 1. The Balaban J connectivity index is 2.33. The van der Waals surface area contributed by atoms with Gasteiger partial charge in [-0.25, -0.2) is 0 Å². The fourth-order valence-corrected chi connectivity index (χ4v) is 1.86. The second-order valence-corrected chi connectivity index (χ2v) is 4.44. The van der Waals surface area contributed by atoms with Crippen molar-refractivity contribution >= 4 is 5.91 Å². The van der Waals surface area contributed by atoms with Gasteiger partial charge >= 0.3 is 0 Å². The van der Waals surface area contributed by atoms with Crippen molar-refractivity contribution in [2.24, 2.45) is 0 Å². The molecule has 2 nitrogen and oxygen atoms in total. The Kier molecular flexibility index (Phi) is 5.75. The summed E-state index contributed by atoms with van der Waals surface area (Å²) in [6, 6.07) is 8.77. The molecule has 0 aliphatic heterocycles. The molecule has 0 saturated carbocycles. The molecule has 17 heavy (non-hydrogen) atoms. The summed E-state index contributed by atoms with van der Waals surface area (Å²) < 4.78 is 0. The zero-order chi connectivity index (χ0) is 12.7. The predicted octanol–water partition coefficient (Wildman–Crippen LogP) is 3.05. The van der Waals surface area contributed by atoms with Crippen molar-refractivity contribution < 1.29 is 4.79 Å². The van der Waals surface area contributed by atoms with Crippen LogP contribution in [-0.2, 0) is 17.6 Å². The minimum absolute atomic E-state index is 0.228. The van der Waals surface area contributed by atoms with Crippen LogP contribution in [0, 0.1) is 0 Å². The van der Waals surface area contributed by atoms with Crippen molar-refractivity contribution in [1.29, 1.82) is 0 Å². The number of benzene rings is 1. The normalized spacial score (nSPS) is 10.3. The molecule has 0 heterocycles. The zero-order valence-corrected chi connectivity index (χ0v) is 11.2. The van der Waals surface area contributed by atoms with Gasteiger partial charge in [-0.1, -0.05) is 38.1 Å². The third-order valence-electron chi connectivity index (χ3n) is 3.12. The van der Waals surface area contributed by atoms with Crippen LogP contribution in [0.4, 0.5) is 0 Å². The van der Waals surface area contributed by atoms with Gasteiger partial charge in [-0.15, -0.1) is 0 Å². The number of nitrogens with zero attached hydrogens (tertiary/aromatic N) is 1. The average Bonchev–Trinajstić information content (AvgIpc) is 2.38. The molecule has 0 aromatic heterocycles. The lowest BCUT2D eigenvalue weighted by Gasteiger charge is -2.15. The van der Waals surface area contributed by atoms with Gasteiger partial charge in [0.25, 0.3) is 0 Å². The van der Waals surface area contributed by atoms with Gasteiger partial charge in [-0.05, 0) is 30.4 Å². The standard InChI is InChI=1S/C15H23NO/c1-4-13-8-10-14(11-9-13)7-6-12-16(3)15(17)5-2/h8-11H,4-7,12H2,1-3H3. The van der Waals surface area contributed by atoms with Gasteiger partial charge in [-0.3, -0.25) is 4.79 Å². The first-order valence-electron chi connectivity index (χ1n) is 6.49. The molecule has 0 aliphatic carbocycles. The Labute approximate surface area is 105 Å². The van der Waals surface area contributed by atoms with E-state index in [0.29, 0.717) is 6.42 Å². The van der Waals surface area contributed by atoms with E-state index in [-0.39, 0.29) is 5.91 Å². The first-order chi connectivity index (χ1) is 8.17. The maximum atomic E-state index is 11.4. The molecule has 0 saturated heterocycles. The molecule has 2 heteroatoms. The molecule has 0 bridgehead atoms. The molecule has 0 atom stereocenters. The molecule has 0 N–H and O–H groups in total. The topological polar surface area (TPSA) is 20.3 Å². The van der Waals surface area contributed by atoms with Crippen LogP contribution in [-0.4, -0.2) is 24.4 Å². The second kappa shape index (κ2) is 7.10.